The van der Waals surface area contributed by atoms with Gasteiger partial charge in [-0.05, 0) is 13.8 Å². The van der Waals surface area contributed by atoms with Crippen molar-refractivity contribution in [3.63, 3.8) is 0 Å². The third-order valence-corrected chi connectivity index (χ3v) is 0.652. The molecule has 0 spiro atoms. The number of hydrogen-bond acceptors (Lipinski definition) is 4. The smallest absolute Gasteiger partial charge is 0.109 e. The molecule has 0 aliphatic heterocycles. The van der Waals surface area contributed by atoms with E-state index in [9.17, 15) is 0 Å². The minimum Gasteiger partial charge on any atom is -0.237 e. The summed E-state index contributed by atoms with van der Waals surface area (Å²) in [5, 5.41) is 0. The summed E-state index contributed by atoms with van der Waals surface area (Å²) in [5.74, 6) is 0. The van der Waals surface area contributed by atoms with Gasteiger partial charge in [-0.2, -0.15) is 0 Å². The van der Waals surface area contributed by atoms with Crippen LogP contribution in [0.2, 0.25) is 0 Å². The first kappa shape index (κ1) is 9.84. The second-order valence-corrected chi connectivity index (χ2v) is 1.46. The molecule has 0 aromatic heterocycles. The van der Waals surface area contributed by atoms with E-state index in [1.165, 1.54) is 0 Å². The fourth-order valence-electron chi connectivity index (χ4n) is 0.353. The van der Waals surface area contributed by atoms with Gasteiger partial charge in [-0.15, -0.1) is 0 Å². The van der Waals surface area contributed by atoms with Crippen LogP contribution < -0.4 is 0 Å². The molecule has 10 heavy (non-hydrogen) atoms. The highest BCUT2D eigenvalue weighted by molar-refractivity contribution is 4.16. The summed E-state index contributed by atoms with van der Waals surface area (Å²) in [6.45, 7) is 5.59. The van der Waals surface area contributed by atoms with E-state index in [0.717, 1.165) is 0 Å². The second-order valence-electron chi connectivity index (χ2n) is 1.46. The van der Waals surface area contributed by atoms with Crippen LogP contribution in [0.1, 0.15) is 13.8 Å². The van der Waals surface area contributed by atoms with Crippen molar-refractivity contribution in [1.29, 1.82) is 0 Å². The average molecular weight is 150 g/mol. The molecular formula is C6H14O4. The van der Waals surface area contributed by atoms with Crippen molar-refractivity contribution in [2.75, 3.05) is 26.4 Å². The molecule has 0 atom stereocenters. The number of rotatable bonds is 7. The average Bonchev–Trinajstić information content (AvgIpc) is 1.97. The quantitative estimate of drug-likeness (QED) is 0.307. The Morgan fingerprint density at radius 2 is 1.10 bits per heavy atom. The highest BCUT2D eigenvalue weighted by atomic mass is 17.2. The summed E-state index contributed by atoms with van der Waals surface area (Å²) in [7, 11) is 0. The molecule has 0 aliphatic carbocycles. The van der Waals surface area contributed by atoms with Gasteiger partial charge in [0.2, 0.25) is 0 Å². The van der Waals surface area contributed by atoms with E-state index < -0.39 is 0 Å². The van der Waals surface area contributed by atoms with Crippen molar-refractivity contribution in [2.45, 2.75) is 13.8 Å². The molecule has 4 heteroatoms. The van der Waals surface area contributed by atoms with Crippen molar-refractivity contribution in [3.8, 4) is 0 Å². The van der Waals surface area contributed by atoms with E-state index >= 15 is 0 Å². The summed E-state index contributed by atoms with van der Waals surface area (Å²) in [6.07, 6.45) is 0. The van der Waals surface area contributed by atoms with Gasteiger partial charge in [0.25, 0.3) is 0 Å². The van der Waals surface area contributed by atoms with Crippen LogP contribution in [0.3, 0.4) is 0 Å². The third kappa shape index (κ3) is 7.84. The Hall–Kier alpha value is -0.160. The van der Waals surface area contributed by atoms with Crippen LogP contribution >= 0.6 is 0 Å². The lowest BCUT2D eigenvalue weighted by molar-refractivity contribution is -0.338. The normalized spacial score (nSPS) is 10.2. The molecule has 4 nitrogen and oxygen atoms in total. The van der Waals surface area contributed by atoms with Crippen molar-refractivity contribution >= 4 is 0 Å². The largest absolute Gasteiger partial charge is 0.237 e. The molecule has 0 N–H and O–H groups in total. The Morgan fingerprint density at radius 3 is 1.40 bits per heavy atom. The van der Waals surface area contributed by atoms with Crippen molar-refractivity contribution in [1.82, 2.24) is 0 Å². The molecule has 0 bridgehead atoms. The molecule has 0 rings (SSSR count). The van der Waals surface area contributed by atoms with E-state index in [-0.39, 0.29) is 0 Å². The van der Waals surface area contributed by atoms with Crippen LogP contribution in [-0.4, -0.2) is 26.4 Å². The number of hydrogen-bond donors (Lipinski definition) is 0. The second kappa shape index (κ2) is 8.84. The van der Waals surface area contributed by atoms with Gasteiger partial charge in [-0.1, -0.05) is 0 Å². The van der Waals surface area contributed by atoms with Gasteiger partial charge in [0.05, 0.1) is 13.2 Å². The van der Waals surface area contributed by atoms with Crippen LogP contribution in [0.15, 0.2) is 0 Å². The Bertz CT molecular complexity index is 49.7. The lowest BCUT2D eigenvalue weighted by Gasteiger charge is -2.01. The Balaban J connectivity index is 2.65. The molecule has 62 valence electrons. The van der Waals surface area contributed by atoms with Crippen LogP contribution in [-0.2, 0) is 19.6 Å². The minimum absolute atomic E-state index is 0.397. The molecule has 0 saturated heterocycles. The summed E-state index contributed by atoms with van der Waals surface area (Å²) in [5.41, 5.74) is 0. The van der Waals surface area contributed by atoms with Crippen LogP contribution in [0.25, 0.3) is 0 Å². The zero-order chi connectivity index (χ0) is 7.66. The predicted molar refractivity (Wildman–Crippen MR) is 35.2 cm³/mol. The van der Waals surface area contributed by atoms with Gasteiger partial charge in [0.1, 0.15) is 13.2 Å². The van der Waals surface area contributed by atoms with Crippen LogP contribution in [0.4, 0.5) is 0 Å². The first-order chi connectivity index (χ1) is 4.91. The topological polar surface area (TPSA) is 36.9 Å². The van der Waals surface area contributed by atoms with Crippen LogP contribution in [0.5, 0.6) is 0 Å². The molecule has 0 heterocycles. The van der Waals surface area contributed by atoms with Gasteiger partial charge in [-0.25, -0.2) is 19.6 Å². The fourth-order valence-corrected chi connectivity index (χ4v) is 0.353. The summed E-state index contributed by atoms with van der Waals surface area (Å²) >= 11 is 0. The molecular weight excluding hydrogens is 136 g/mol. The summed E-state index contributed by atoms with van der Waals surface area (Å²) in [6, 6.07) is 0. The van der Waals surface area contributed by atoms with E-state index in [0.29, 0.717) is 26.4 Å². The van der Waals surface area contributed by atoms with Gasteiger partial charge in [-0.3, -0.25) is 0 Å². The van der Waals surface area contributed by atoms with Gasteiger partial charge >= 0.3 is 0 Å². The zero-order valence-electron chi connectivity index (χ0n) is 6.46. The predicted octanol–water partition coefficient (Wildman–Crippen LogP) is 0.923. The molecule has 0 radical (unpaired) electrons. The van der Waals surface area contributed by atoms with E-state index in [2.05, 4.69) is 19.6 Å². The van der Waals surface area contributed by atoms with Gasteiger partial charge in [0.15, 0.2) is 0 Å². The maximum Gasteiger partial charge on any atom is 0.109 e. The maximum atomic E-state index is 4.62. The summed E-state index contributed by atoms with van der Waals surface area (Å²) in [4.78, 5) is 18.4. The van der Waals surface area contributed by atoms with Crippen molar-refractivity contribution < 1.29 is 19.6 Å². The van der Waals surface area contributed by atoms with Crippen LogP contribution in [0, 0.1) is 0 Å². The highest BCUT2D eigenvalue weighted by Crippen LogP contribution is 1.80. The monoisotopic (exact) mass is 150 g/mol. The van der Waals surface area contributed by atoms with E-state index in [1.807, 2.05) is 13.8 Å². The minimum atomic E-state index is 0.397. The summed E-state index contributed by atoms with van der Waals surface area (Å²) < 4.78 is 0. The molecule has 0 aromatic carbocycles. The van der Waals surface area contributed by atoms with Gasteiger partial charge in [0, 0.05) is 0 Å². The SMILES string of the molecule is CCOOCCOOCC. The standard InChI is InChI=1S/C6H14O4/c1-3-7-9-5-6-10-8-4-2/h3-6H2,1-2H3. The molecule has 0 amide bonds. The zero-order valence-corrected chi connectivity index (χ0v) is 6.46. The first-order valence-corrected chi connectivity index (χ1v) is 3.40. The third-order valence-electron chi connectivity index (χ3n) is 0.652. The van der Waals surface area contributed by atoms with E-state index in [4.69, 9.17) is 0 Å². The van der Waals surface area contributed by atoms with Gasteiger partial charge < -0.3 is 0 Å². The fraction of sp³-hybridized carbons (Fsp3) is 1.00. The molecule has 0 fully saturated rings. The molecule has 0 aliphatic rings. The Morgan fingerprint density at radius 1 is 0.700 bits per heavy atom. The van der Waals surface area contributed by atoms with Crippen molar-refractivity contribution in [2.24, 2.45) is 0 Å². The molecule has 0 aromatic rings. The Kier molecular flexibility index (Phi) is 8.70. The van der Waals surface area contributed by atoms with E-state index in [1.54, 1.807) is 0 Å². The first-order valence-electron chi connectivity index (χ1n) is 3.40. The Labute approximate surface area is 60.9 Å². The molecule has 0 unspecified atom stereocenters. The maximum absolute atomic E-state index is 4.62. The molecule has 0 saturated carbocycles. The lowest BCUT2D eigenvalue weighted by atomic mass is 10.8. The highest BCUT2D eigenvalue weighted by Gasteiger charge is 1.87. The lowest BCUT2D eigenvalue weighted by Crippen LogP contribution is -2.05. The van der Waals surface area contributed by atoms with Crippen molar-refractivity contribution in [3.05, 3.63) is 0 Å².